The predicted molar refractivity (Wildman–Crippen MR) is 129 cm³/mol. The van der Waals surface area contributed by atoms with Gasteiger partial charge in [-0.1, -0.05) is 48.5 Å². The molecule has 2 aromatic carbocycles. The van der Waals surface area contributed by atoms with Crippen LogP contribution in [0, 0.1) is 0 Å². The number of nitrogens with two attached hydrogens (primary N) is 1. The van der Waals surface area contributed by atoms with Crippen molar-refractivity contribution < 1.29 is 8.42 Å². The van der Waals surface area contributed by atoms with Crippen LogP contribution >= 0.6 is 0 Å². The Kier molecular flexibility index (Phi) is 5.53. The number of pyridine rings is 1. The standard InChI is InChI=1S/C24H24N6O2S/c25-33(31,32)28-16-24(12-13-24)23-29-20-11-6-10-19(17-7-2-1-3-8-17)21(20)22(30-23)27-15-18-9-4-5-14-26-18/h1-11,14,28H,12-13,15-16H2,(H2,25,31,32)(H,27,29,30). The van der Waals surface area contributed by atoms with Crippen LogP contribution in [-0.4, -0.2) is 29.9 Å². The molecule has 4 N–H and O–H groups in total. The van der Waals surface area contributed by atoms with Gasteiger partial charge in [0, 0.05) is 18.2 Å². The molecule has 0 saturated heterocycles. The highest BCUT2D eigenvalue weighted by molar-refractivity contribution is 7.87. The van der Waals surface area contributed by atoms with Crippen molar-refractivity contribution in [3.63, 3.8) is 0 Å². The average molecular weight is 461 g/mol. The molecule has 2 aromatic heterocycles. The van der Waals surface area contributed by atoms with Gasteiger partial charge in [0.1, 0.15) is 11.6 Å². The number of hydrogen-bond acceptors (Lipinski definition) is 6. The van der Waals surface area contributed by atoms with Gasteiger partial charge in [-0.25, -0.2) is 19.8 Å². The molecule has 0 aliphatic heterocycles. The van der Waals surface area contributed by atoms with Gasteiger partial charge in [-0.15, -0.1) is 0 Å². The van der Waals surface area contributed by atoms with Gasteiger partial charge in [-0.05, 0) is 42.2 Å². The molecule has 1 saturated carbocycles. The zero-order chi connectivity index (χ0) is 22.9. The second kappa shape index (κ2) is 8.51. The highest BCUT2D eigenvalue weighted by Gasteiger charge is 2.48. The molecule has 9 heteroatoms. The maximum atomic E-state index is 11.5. The lowest BCUT2D eigenvalue weighted by atomic mass is 10.00. The number of aromatic nitrogens is 3. The molecule has 8 nitrogen and oxygen atoms in total. The average Bonchev–Trinajstić information content (AvgIpc) is 3.63. The number of benzene rings is 2. The fourth-order valence-corrected chi connectivity index (χ4v) is 4.43. The number of nitrogens with one attached hydrogen (secondary N) is 2. The van der Waals surface area contributed by atoms with Crippen molar-refractivity contribution >= 4 is 26.9 Å². The zero-order valence-corrected chi connectivity index (χ0v) is 18.7. The van der Waals surface area contributed by atoms with Crippen LogP contribution in [0.4, 0.5) is 5.82 Å². The Morgan fingerprint density at radius 3 is 2.42 bits per heavy atom. The van der Waals surface area contributed by atoms with E-state index < -0.39 is 15.6 Å². The van der Waals surface area contributed by atoms with Crippen molar-refractivity contribution in [1.82, 2.24) is 19.7 Å². The van der Waals surface area contributed by atoms with Gasteiger partial charge in [0.15, 0.2) is 0 Å². The first-order valence-electron chi connectivity index (χ1n) is 10.7. The van der Waals surface area contributed by atoms with Crippen LogP contribution < -0.4 is 15.2 Å². The Bertz CT molecular complexity index is 1390. The number of rotatable bonds is 8. The Morgan fingerprint density at radius 1 is 0.939 bits per heavy atom. The molecule has 0 unspecified atom stereocenters. The summed E-state index contributed by atoms with van der Waals surface area (Å²) in [6, 6.07) is 21.9. The maximum Gasteiger partial charge on any atom is 0.274 e. The Labute approximate surface area is 192 Å². The smallest absolute Gasteiger partial charge is 0.274 e. The summed E-state index contributed by atoms with van der Waals surface area (Å²) in [6.07, 6.45) is 3.34. The summed E-state index contributed by atoms with van der Waals surface area (Å²) in [6.45, 7) is 0.674. The van der Waals surface area contributed by atoms with Crippen LogP contribution in [0.1, 0.15) is 24.4 Å². The third-order valence-corrected chi connectivity index (χ3v) is 6.46. The third-order valence-electron chi connectivity index (χ3n) is 5.91. The number of anilines is 1. The predicted octanol–water partition coefficient (Wildman–Crippen LogP) is 3.13. The van der Waals surface area contributed by atoms with Gasteiger partial charge in [0.05, 0.1) is 23.1 Å². The van der Waals surface area contributed by atoms with Crippen LogP contribution in [0.2, 0.25) is 0 Å². The van der Waals surface area contributed by atoms with E-state index >= 15 is 0 Å². The van der Waals surface area contributed by atoms with Gasteiger partial charge in [-0.2, -0.15) is 8.42 Å². The first-order chi connectivity index (χ1) is 15.9. The Hall–Kier alpha value is -3.40. The molecule has 33 heavy (non-hydrogen) atoms. The summed E-state index contributed by atoms with van der Waals surface area (Å²) in [5.74, 6) is 1.31. The van der Waals surface area contributed by atoms with Crippen molar-refractivity contribution in [3.8, 4) is 11.1 Å². The summed E-state index contributed by atoms with van der Waals surface area (Å²) < 4.78 is 25.4. The van der Waals surface area contributed by atoms with E-state index in [0.29, 0.717) is 18.2 Å². The lowest BCUT2D eigenvalue weighted by molar-refractivity contribution is 0.561. The highest BCUT2D eigenvalue weighted by atomic mass is 32.2. The molecule has 2 heterocycles. The summed E-state index contributed by atoms with van der Waals surface area (Å²) >= 11 is 0. The first-order valence-corrected chi connectivity index (χ1v) is 12.3. The van der Waals surface area contributed by atoms with E-state index in [4.69, 9.17) is 15.1 Å². The van der Waals surface area contributed by atoms with E-state index in [9.17, 15) is 8.42 Å². The van der Waals surface area contributed by atoms with Gasteiger partial charge >= 0.3 is 0 Å². The van der Waals surface area contributed by atoms with Crippen molar-refractivity contribution in [2.45, 2.75) is 24.8 Å². The number of nitrogens with zero attached hydrogens (tertiary/aromatic N) is 3. The summed E-state index contributed by atoms with van der Waals surface area (Å²) in [4.78, 5) is 14.2. The lowest BCUT2D eigenvalue weighted by Crippen LogP contribution is -2.37. The summed E-state index contributed by atoms with van der Waals surface area (Å²) in [5, 5.41) is 9.53. The van der Waals surface area contributed by atoms with Gasteiger partial charge < -0.3 is 5.32 Å². The van der Waals surface area contributed by atoms with E-state index in [1.165, 1.54) is 0 Å². The molecular weight excluding hydrogens is 436 g/mol. The van der Waals surface area contributed by atoms with Crippen LogP contribution in [0.5, 0.6) is 0 Å². The fraction of sp³-hybridized carbons (Fsp3) is 0.208. The molecule has 0 spiro atoms. The van der Waals surface area contributed by atoms with Crippen molar-refractivity contribution in [1.29, 1.82) is 0 Å². The van der Waals surface area contributed by atoms with E-state index in [2.05, 4.69) is 33.2 Å². The van der Waals surface area contributed by atoms with E-state index in [1.807, 2.05) is 48.5 Å². The topological polar surface area (TPSA) is 123 Å². The monoisotopic (exact) mass is 460 g/mol. The fourth-order valence-electron chi connectivity index (χ4n) is 3.95. The number of hydrogen-bond donors (Lipinski definition) is 3. The van der Waals surface area contributed by atoms with Gasteiger partial charge in [-0.3, -0.25) is 4.98 Å². The van der Waals surface area contributed by atoms with E-state index in [0.717, 1.165) is 40.6 Å². The molecular formula is C24H24N6O2S. The SMILES string of the molecule is NS(=O)(=O)NCC1(c2nc(NCc3ccccn3)c3c(-c4ccccc4)cccc3n2)CC1. The molecule has 0 radical (unpaired) electrons. The van der Waals surface area contributed by atoms with Gasteiger partial charge in [0.25, 0.3) is 10.2 Å². The van der Waals surface area contributed by atoms with Crippen LogP contribution in [-0.2, 0) is 22.2 Å². The maximum absolute atomic E-state index is 11.5. The first kappa shape index (κ1) is 21.4. The minimum Gasteiger partial charge on any atom is -0.364 e. The largest absolute Gasteiger partial charge is 0.364 e. The second-order valence-corrected chi connectivity index (χ2v) is 9.66. The van der Waals surface area contributed by atoms with Crippen LogP contribution in [0.3, 0.4) is 0 Å². The quantitative estimate of drug-likeness (QED) is 0.371. The van der Waals surface area contributed by atoms with Crippen molar-refractivity contribution in [2.75, 3.05) is 11.9 Å². The van der Waals surface area contributed by atoms with Crippen molar-refractivity contribution in [3.05, 3.63) is 84.4 Å². The molecule has 1 aliphatic carbocycles. The van der Waals surface area contributed by atoms with Gasteiger partial charge in [0.2, 0.25) is 0 Å². The minimum atomic E-state index is -3.80. The number of fused-ring (bicyclic) bond motifs is 1. The molecule has 1 aliphatic rings. The molecule has 1 fully saturated rings. The summed E-state index contributed by atoms with van der Waals surface area (Å²) in [5.41, 5.74) is 3.32. The molecule has 0 bridgehead atoms. The molecule has 0 amide bonds. The summed E-state index contributed by atoms with van der Waals surface area (Å²) in [7, 11) is -3.80. The Balaban J connectivity index is 1.61. The zero-order valence-electron chi connectivity index (χ0n) is 17.9. The molecule has 168 valence electrons. The molecule has 0 atom stereocenters. The highest BCUT2D eigenvalue weighted by Crippen LogP contribution is 2.47. The molecule has 5 rings (SSSR count). The van der Waals surface area contributed by atoms with Crippen molar-refractivity contribution in [2.24, 2.45) is 5.14 Å². The third kappa shape index (κ3) is 4.70. The lowest BCUT2D eigenvalue weighted by Gasteiger charge is -2.18. The minimum absolute atomic E-state index is 0.176. The van der Waals surface area contributed by atoms with Crippen LogP contribution in [0.15, 0.2) is 72.9 Å². The molecule has 4 aromatic rings. The second-order valence-electron chi connectivity index (χ2n) is 8.28. The van der Waals surface area contributed by atoms with E-state index in [-0.39, 0.29) is 6.54 Å². The van der Waals surface area contributed by atoms with Crippen LogP contribution in [0.25, 0.3) is 22.0 Å². The normalized spacial score (nSPS) is 14.8. The Morgan fingerprint density at radius 2 is 1.73 bits per heavy atom. The van der Waals surface area contributed by atoms with E-state index in [1.54, 1.807) is 6.20 Å².